The van der Waals surface area contributed by atoms with Crippen LogP contribution in [0.2, 0.25) is 0 Å². The van der Waals surface area contributed by atoms with Gasteiger partial charge in [-0.25, -0.2) is 19.2 Å². The summed E-state index contributed by atoms with van der Waals surface area (Å²) >= 11 is 37.5. The SMILES string of the molecule is C=CCO[C@H]1O[C@H](COCc2ccccc2)[C@@H](O[C@@H]2O[C@H](COCc3ccccc3)[C@@H](O[C@@H]3O[C@H](COCc4ccccc4)[C@@H](O[C@@H]4O[C@H](COCc5ccccc5)[C@@H](OCc5ccc(OC)cc5)[C@H](OCc5ccccc5)[C@H]4N=[N+]=[N-])[C@H](OC(=O)OCc4ccccc4)[C@H]3NC(=O)OCC(Cl)(Cl)Cl)[C@H](OCc3ccccc3)[C@H]2N=[N+]=[N-])[C@H](OC(=O)OCc2ccccc2)[C@H]1NC(=O)OCC(Cl)(Cl)Cl. The van der Waals surface area contributed by atoms with Crippen molar-refractivity contribution in [3.63, 3.8) is 0 Å². The Hall–Kier alpha value is -10.6. The minimum absolute atomic E-state index is 0.0433. The van der Waals surface area contributed by atoms with E-state index >= 15 is 9.59 Å². The Morgan fingerprint density at radius 1 is 0.353 bits per heavy atom. The fourth-order valence-electron chi connectivity index (χ4n) is 15.6. The number of nitrogens with one attached hydrogen (secondary N) is 2. The van der Waals surface area contributed by atoms with Gasteiger partial charge in [-0.05, 0) is 73.3 Å². The van der Waals surface area contributed by atoms with Gasteiger partial charge in [0.05, 0.1) is 86.4 Å². The van der Waals surface area contributed by atoms with Gasteiger partial charge >= 0.3 is 24.5 Å². The maximum Gasteiger partial charge on any atom is 0.509 e. The molecule has 0 spiro atoms. The molecule has 4 saturated heterocycles. The Morgan fingerprint density at radius 3 is 0.964 bits per heavy atom. The highest BCUT2D eigenvalue weighted by molar-refractivity contribution is 6.68. The number of alkyl halides is 6. The van der Waals surface area contributed by atoms with E-state index in [1.165, 1.54) is 6.08 Å². The molecule has 40 heteroatoms. The average molecular weight is 2030 g/mol. The van der Waals surface area contributed by atoms with E-state index in [4.69, 9.17) is 174 Å². The number of hydrogen-bond donors (Lipinski definition) is 2. The third-order valence-corrected chi connectivity index (χ3v) is 22.7. The second-order valence-electron chi connectivity index (χ2n) is 32.1. The highest BCUT2D eigenvalue weighted by Gasteiger charge is 2.60. The van der Waals surface area contributed by atoms with Crippen molar-refractivity contribution in [2.45, 2.75) is 190 Å². The molecule has 0 bridgehead atoms. The Labute approximate surface area is 832 Å². The predicted molar refractivity (Wildman–Crippen MR) is 507 cm³/mol. The van der Waals surface area contributed by atoms with E-state index in [-0.39, 0.29) is 66.1 Å². The molecular weight excluding hydrogens is 1930 g/mol. The first-order chi connectivity index (χ1) is 67.6. The number of azide groups is 2. The van der Waals surface area contributed by atoms with Gasteiger partial charge in [0.15, 0.2) is 37.4 Å². The third-order valence-electron chi connectivity index (χ3n) is 22.1. The molecule has 0 aliphatic carbocycles. The van der Waals surface area contributed by atoms with E-state index in [0.717, 1.165) is 5.56 Å². The Kier molecular flexibility index (Phi) is 41.8. The zero-order chi connectivity index (χ0) is 97.6. The van der Waals surface area contributed by atoms with E-state index < -0.39 is 194 Å². The average Bonchev–Trinajstić information content (AvgIpc) is 0.751. The molecule has 4 aliphatic heterocycles. The molecule has 20 atom stereocenters. The van der Waals surface area contributed by atoms with Crippen molar-refractivity contribution >= 4 is 94.1 Å². The normalized spacial score (nSPS) is 24.6. The molecule has 4 fully saturated rings. The Morgan fingerprint density at radius 2 is 0.633 bits per heavy atom. The summed E-state index contributed by atoms with van der Waals surface area (Å²) in [5.41, 5.74) is 28.1. The van der Waals surface area contributed by atoms with Crippen molar-refractivity contribution in [1.29, 1.82) is 0 Å². The van der Waals surface area contributed by atoms with Crippen molar-refractivity contribution in [3.05, 3.63) is 351 Å². The van der Waals surface area contributed by atoms with Crippen LogP contribution in [0.4, 0.5) is 19.2 Å². The molecule has 4 heterocycles. The summed E-state index contributed by atoms with van der Waals surface area (Å²) in [7, 11) is 1.55. The summed E-state index contributed by atoms with van der Waals surface area (Å²) < 4.78 is 142. The second-order valence-corrected chi connectivity index (χ2v) is 37.1. The molecule has 0 radical (unpaired) electrons. The lowest BCUT2D eigenvalue weighted by Crippen LogP contribution is -2.71. The van der Waals surface area contributed by atoms with Gasteiger partial charge in [-0.1, -0.05) is 341 Å². The van der Waals surface area contributed by atoms with Crippen molar-refractivity contribution in [3.8, 4) is 5.75 Å². The molecule has 2 N–H and O–H groups in total. The number of hydrogen-bond acceptors (Lipinski definition) is 28. The number of carbonyl (C=O) groups excluding carboxylic acids is 4. The quantitative estimate of drug-likeness (QED) is 0.00680. The van der Waals surface area contributed by atoms with Gasteiger partial charge in [0.1, 0.15) is 117 Å². The maximum absolute atomic E-state index is 15.4. The zero-order valence-corrected chi connectivity index (χ0v) is 79.6. The molecular formula is C99H104Cl6N8O26. The molecule has 0 aromatic heterocycles. The van der Waals surface area contributed by atoms with Gasteiger partial charge in [0, 0.05) is 9.82 Å². The van der Waals surface area contributed by atoms with Gasteiger partial charge in [-0.3, -0.25) is 0 Å². The number of rotatable bonds is 47. The number of methoxy groups -OCH3 is 1. The van der Waals surface area contributed by atoms with Crippen LogP contribution in [-0.4, -0.2) is 208 Å². The van der Waals surface area contributed by atoms with Crippen molar-refractivity contribution in [2.75, 3.05) is 53.4 Å². The fourth-order valence-corrected chi connectivity index (χ4v) is 15.9. The second kappa shape index (κ2) is 55.0. The number of nitrogens with zero attached hydrogens (tertiary/aromatic N) is 6. The number of carbonyl (C=O) groups is 4. The van der Waals surface area contributed by atoms with E-state index in [2.05, 4.69) is 37.3 Å². The van der Waals surface area contributed by atoms with Gasteiger partial charge < -0.3 is 115 Å². The van der Waals surface area contributed by atoms with Crippen molar-refractivity contribution in [2.24, 2.45) is 10.2 Å². The number of alkyl carbamates (subject to hydrolysis) is 2. The van der Waals surface area contributed by atoms with Crippen LogP contribution in [0, 0.1) is 0 Å². The van der Waals surface area contributed by atoms with E-state index in [1.807, 2.05) is 140 Å². The van der Waals surface area contributed by atoms with Crippen LogP contribution in [0.1, 0.15) is 50.1 Å². The van der Waals surface area contributed by atoms with Crippen LogP contribution < -0.4 is 15.4 Å². The summed E-state index contributed by atoms with van der Waals surface area (Å²) in [5.74, 6) is 0.582. The van der Waals surface area contributed by atoms with Crippen LogP contribution in [0.5, 0.6) is 5.75 Å². The Bertz CT molecular complexity index is 5310. The van der Waals surface area contributed by atoms with Crippen LogP contribution in [-0.2, 0) is 159 Å². The first-order valence-corrected chi connectivity index (χ1v) is 46.6. The summed E-state index contributed by atoms with van der Waals surface area (Å²) in [6.45, 7) is -1.26. The lowest BCUT2D eigenvalue weighted by atomic mass is 9.93. The highest BCUT2D eigenvalue weighted by Crippen LogP contribution is 2.42. The van der Waals surface area contributed by atoms with Gasteiger partial charge in [0.25, 0.3) is 0 Å². The summed E-state index contributed by atoms with van der Waals surface area (Å²) in [5, 5.41) is 14.3. The highest BCUT2D eigenvalue weighted by atomic mass is 35.6. The Balaban J connectivity index is 0.966. The topological polar surface area (TPSA) is 393 Å². The number of amides is 2. The van der Waals surface area contributed by atoms with Gasteiger partial charge in [-0.15, -0.1) is 6.58 Å². The van der Waals surface area contributed by atoms with E-state index in [1.54, 1.807) is 135 Å². The third kappa shape index (κ3) is 33.5. The number of halogens is 6. The lowest BCUT2D eigenvalue weighted by Gasteiger charge is -2.52. The zero-order valence-electron chi connectivity index (χ0n) is 75.1. The fraction of sp³-hybridized carbons (Fsp3) is 0.394. The van der Waals surface area contributed by atoms with Crippen molar-refractivity contribution < 1.29 is 123 Å². The molecule has 13 rings (SSSR count). The summed E-state index contributed by atoms with van der Waals surface area (Å²) in [6.07, 6.45) is -30.9. The standard InChI is InChI=1S/C99H104Cl6N8O26/c1-3-48-123-90-78(108-94(114)129-62-98(100,101)102)88(138-96(116)127-56-70-40-24-10-25-41-70)84(76(131-90)60-121-51-66-32-16-6-17-33-66)136-93-81(111-113-107)87(126-54-69-38-22-9-23-39-69)83(75(134-93)59-120-50-65-30-14-5-15-31-65)135-91-79(109-95(115)130-63-99(103,104)105)89(139-97(117)128-57-71-42-26-11-27-43-71)85(77(133-91)61-122-52-67-34-18-7-19-35-67)137-92-80(110-112-106)86(125-53-68-36-20-8-21-37-68)82(124-55-72-44-46-73(118-2)47-45-72)74(132-92)58-119-49-64-28-12-4-13-29-64/h3-47,74-93H,1,48-63H2,2H3,(H,108,114)(H,109,115)/t74-,75-,76-,77-,78-,79-,80-,81-,82-,83-,84-,85-,86-,87-,88-,89-,90+,91+,92+,93+/m1/s1. The maximum atomic E-state index is 15.4. The number of benzene rings is 9. The minimum atomic E-state index is -2.26. The molecule has 738 valence electrons. The first-order valence-electron chi connectivity index (χ1n) is 44.3. The van der Waals surface area contributed by atoms with Crippen LogP contribution in [0.15, 0.2) is 290 Å². The molecule has 9 aromatic rings. The smallest absolute Gasteiger partial charge is 0.497 e. The molecule has 139 heavy (non-hydrogen) atoms. The number of ether oxygens (including phenoxy) is 22. The lowest BCUT2D eigenvalue weighted by molar-refractivity contribution is -0.366. The van der Waals surface area contributed by atoms with Crippen LogP contribution >= 0.6 is 69.6 Å². The predicted octanol–water partition coefficient (Wildman–Crippen LogP) is 18.6. The van der Waals surface area contributed by atoms with E-state index in [0.29, 0.717) is 50.3 Å². The molecule has 4 aliphatic rings. The first kappa shape index (κ1) is 106. The van der Waals surface area contributed by atoms with Gasteiger partial charge in [0.2, 0.25) is 7.59 Å². The summed E-state index contributed by atoms with van der Waals surface area (Å²) in [4.78, 5) is 66.6. The minimum Gasteiger partial charge on any atom is -0.497 e. The molecule has 0 saturated carbocycles. The molecule has 0 unspecified atom stereocenters. The largest absolute Gasteiger partial charge is 0.509 e. The van der Waals surface area contributed by atoms with E-state index in [9.17, 15) is 20.7 Å². The molecule has 9 aromatic carbocycles. The monoisotopic (exact) mass is 2030 g/mol. The van der Waals surface area contributed by atoms with Crippen LogP contribution in [0.3, 0.4) is 0 Å². The van der Waals surface area contributed by atoms with Crippen LogP contribution in [0.25, 0.3) is 20.9 Å². The van der Waals surface area contributed by atoms with Crippen molar-refractivity contribution in [1.82, 2.24) is 10.6 Å². The molecule has 34 nitrogen and oxygen atoms in total. The molecule has 2 amide bonds. The van der Waals surface area contributed by atoms with Gasteiger partial charge in [-0.2, -0.15) is 0 Å². The summed E-state index contributed by atoms with van der Waals surface area (Å²) in [6, 6.07) is 71.7.